The molecule has 9 nitrogen and oxygen atoms in total. The van der Waals surface area contributed by atoms with Gasteiger partial charge in [0.15, 0.2) is 0 Å². The molecule has 0 aliphatic carbocycles. The van der Waals surface area contributed by atoms with E-state index in [1.54, 1.807) is 42.7 Å². The lowest BCUT2D eigenvalue weighted by Gasteiger charge is -2.34. The van der Waals surface area contributed by atoms with Crippen molar-refractivity contribution in [3.05, 3.63) is 98.5 Å². The van der Waals surface area contributed by atoms with Crippen molar-refractivity contribution in [1.29, 1.82) is 0 Å². The van der Waals surface area contributed by atoms with Crippen LogP contribution in [0.2, 0.25) is 0 Å². The van der Waals surface area contributed by atoms with Crippen LogP contribution in [0.3, 0.4) is 0 Å². The lowest BCUT2D eigenvalue weighted by Crippen LogP contribution is -2.49. The molecule has 0 spiro atoms. The zero-order valence-electron chi connectivity index (χ0n) is 18.4. The first-order valence-corrected chi connectivity index (χ1v) is 10.9. The number of aromatic nitrogens is 4. The monoisotopic (exact) mass is 478 g/mol. The molecule has 0 unspecified atom stereocenters. The van der Waals surface area contributed by atoms with Crippen LogP contribution in [0.25, 0.3) is 10.9 Å². The largest absolute Gasteiger partial charge is 0.337 e. The number of carbonyl (C=O) groups excluding carboxylic acids is 1. The van der Waals surface area contributed by atoms with Gasteiger partial charge >= 0.3 is 5.69 Å². The Morgan fingerprint density at radius 1 is 0.943 bits per heavy atom. The van der Waals surface area contributed by atoms with E-state index >= 15 is 0 Å². The summed E-state index contributed by atoms with van der Waals surface area (Å²) in [6.45, 7) is 1.26. The number of para-hydroxylation sites is 1. The summed E-state index contributed by atoms with van der Waals surface area (Å²) in [6, 6.07) is 9.89. The summed E-state index contributed by atoms with van der Waals surface area (Å²) in [5, 5.41) is 0.256. The first kappa shape index (κ1) is 22.4. The summed E-state index contributed by atoms with van der Waals surface area (Å²) in [6.07, 6.45) is 3.26. The summed E-state index contributed by atoms with van der Waals surface area (Å²) in [5.41, 5.74) is -1.32. The van der Waals surface area contributed by atoms with Crippen molar-refractivity contribution in [2.45, 2.75) is 6.54 Å². The minimum atomic E-state index is -0.983. The van der Waals surface area contributed by atoms with Crippen LogP contribution >= 0.6 is 0 Å². The molecule has 1 aliphatic heterocycles. The van der Waals surface area contributed by atoms with Crippen LogP contribution in [0.4, 0.5) is 14.7 Å². The van der Waals surface area contributed by atoms with E-state index < -0.39 is 28.8 Å². The summed E-state index contributed by atoms with van der Waals surface area (Å²) >= 11 is 0. The first-order valence-electron chi connectivity index (χ1n) is 10.9. The van der Waals surface area contributed by atoms with Crippen LogP contribution < -0.4 is 16.1 Å². The zero-order chi connectivity index (χ0) is 24.5. The molecule has 178 valence electrons. The number of anilines is 1. The minimum Gasteiger partial charge on any atom is -0.337 e. The van der Waals surface area contributed by atoms with Gasteiger partial charge in [0.2, 0.25) is 5.95 Å². The molecule has 0 atom stereocenters. The molecule has 3 heterocycles. The molecule has 1 N–H and O–H groups in total. The van der Waals surface area contributed by atoms with Gasteiger partial charge in [-0.1, -0.05) is 12.1 Å². The van der Waals surface area contributed by atoms with Gasteiger partial charge in [-0.05, 0) is 24.3 Å². The van der Waals surface area contributed by atoms with Crippen LogP contribution in [-0.4, -0.2) is 56.5 Å². The minimum absolute atomic E-state index is 0.0506. The molecule has 2 aromatic carbocycles. The summed E-state index contributed by atoms with van der Waals surface area (Å²) in [5.74, 6) is -1.90. The first-order chi connectivity index (χ1) is 16.9. The smallest absolute Gasteiger partial charge is 0.329 e. The highest BCUT2D eigenvalue weighted by Gasteiger charge is 2.26. The molecule has 4 aromatic rings. The Morgan fingerprint density at radius 2 is 1.66 bits per heavy atom. The second-order valence-electron chi connectivity index (χ2n) is 8.11. The molecule has 5 rings (SSSR count). The van der Waals surface area contributed by atoms with Gasteiger partial charge in [-0.2, -0.15) is 0 Å². The molecule has 1 fully saturated rings. The summed E-state index contributed by atoms with van der Waals surface area (Å²) in [4.78, 5) is 51.7. The van der Waals surface area contributed by atoms with E-state index in [1.165, 1.54) is 9.47 Å². The van der Waals surface area contributed by atoms with Gasteiger partial charge < -0.3 is 9.80 Å². The number of halogens is 2. The number of hydrogen-bond donors (Lipinski definition) is 1. The van der Waals surface area contributed by atoms with Gasteiger partial charge in [0, 0.05) is 50.2 Å². The number of amides is 1. The SMILES string of the molecule is O=C(c1cc(Cn2c(=O)[nH]c(=O)c3ccccc32)c(F)cc1F)N1CCN(c2ncccn2)CC1. The third-order valence-corrected chi connectivity index (χ3v) is 6.00. The zero-order valence-corrected chi connectivity index (χ0v) is 18.4. The van der Waals surface area contributed by atoms with Crippen LogP contribution in [0, 0.1) is 11.6 Å². The van der Waals surface area contributed by atoms with E-state index in [2.05, 4.69) is 15.0 Å². The molecular weight excluding hydrogens is 458 g/mol. The summed E-state index contributed by atoms with van der Waals surface area (Å²) < 4.78 is 30.5. The maximum absolute atomic E-state index is 14.7. The average Bonchev–Trinajstić information content (AvgIpc) is 2.88. The molecule has 0 bridgehead atoms. The predicted octanol–water partition coefficient (Wildman–Crippen LogP) is 1.77. The quantitative estimate of drug-likeness (QED) is 0.480. The predicted molar refractivity (Wildman–Crippen MR) is 124 cm³/mol. The topological polar surface area (TPSA) is 104 Å². The maximum Gasteiger partial charge on any atom is 0.329 e. The van der Waals surface area contributed by atoms with E-state index in [0.717, 1.165) is 6.07 Å². The van der Waals surface area contributed by atoms with Crippen molar-refractivity contribution in [3.8, 4) is 0 Å². The van der Waals surface area contributed by atoms with E-state index in [-0.39, 0.29) is 23.1 Å². The highest BCUT2D eigenvalue weighted by molar-refractivity contribution is 5.95. The van der Waals surface area contributed by atoms with Crippen molar-refractivity contribution in [2.24, 2.45) is 0 Å². The molecule has 0 radical (unpaired) electrons. The third-order valence-electron chi connectivity index (χ3n) is 6.00. The van der Waals surface area contributed by atoms with Crippen LogP contribution in [0.5, 0.6) is 0 Å². The van der Waals surface area contributed by atoms with Gasteiger partial charge in [0.25, 0.3) is 11.5 Å². The molecule has 1 saturated heterocycles. The van der Waals surface area contributed by atoms with Crippen molar-refractivity contribution < 1.29 is 13.6 Å². The lowest BCUT2D eigenvalue weighted by atomic mass is 10.1. The van der Waals surface area contributed by atoms with E-state index in [4.69, 9.17) is 0 Å². The standard InChI is InChI=1S/C24H20F2N6O3/c25-18-13-19(26)17(22(34)30-8-10-31(11-9-30)23-27-6-3-7-28-23)12-15(18)14-32-20-5-2-1-4-16(20)21(33)29-24(32)35/h1-7,12-13H,8-11,14H2,(H,29,33,35). The van der Waals surface area contributed by atoms with E-state index in [9.17, 15) is 23.2 Å². The molecule has 11 heteroatoms. The summed E-state index contributed by atoms with van der Waals surface area (Å²) in [7, 11) is 0. The number of H-pyrrole nitrogens is 1. The van der Waals surface area contributed by atoms with Gasteiger partial charge in [0.1, 0.15) is 11.6 Å². The van der Waals surface area contributed by atoms with Crippen LogP contribution in [0.1, 0.15) is 15.9 Å². The molecule has 35 heavy (non-hydrogen) atoms. The number of hydrogen-bond acceptors (Lipinski definition) is 6. The number of fused-ring (bicyclic) bond motifs is 1. The van der Waals surface area contributed by atoms with E-state index in [0.29, 0.717) is 43.7 Å². The molecule has 2 aromatic heterocycles. The van der Waals surface area contributed by atoms with E-state index in [1.807, 2.05) is 4.90 Å². The van der Waals surface area contributed by atoms with Gasteiger partial charge in [0.05, 0.1) is 23.0 Å². The number of nitrogens with zero attached hydrogens (tertiary/aromatic N) is 5. The third kappa shape index (κ3) is 4.27. The Labute approximate surface area is 197 Å². The Hall–Kier alpha value is -4.41. The molecular formula is C24H20F2N6O3. The number of piperazine rings is 1. The van der Waals surface area contributed by atoms with Gasteiger partial charge in [-0.25, -0.2) is 23.5 Å². The fourth-order valence-corrected chi connectivity index (χ4v) is 4.18. The molecule has 1 amide bonds. The van der Waals surface area contributed by atoms with Crippen LogP contribution in [0.15, 0.2) is 64.4 Å². The fourth-order valence-electron chi connectivity index (χ4n) is 4.18. The second-order valence-corrected chi connectivity index (χ2v) is 8.11. The Kier molecular flexibility index (Phi) is 5.81. The number of aromatic amines is 1. The van der Waals surface area contributed by atoms with Crippen molar-refractivity contribution in [3.63, 3.8) is 0 Å². The number of benzene rings is 2. The number of rotatable bonds is 4. The van der Waals surface area contributed by atoms with Crippen molar-refractivity contribution in [2.75, 3.05) is 31.1 Å². The average molecular weight is 478 g/mol. The van der Waals surface area contributed by atoms with Crippen LogP contribution in [-0.2, 0) is 6.54 Å². The number of carbonyl (C=O) groups is 1. The van der Waals surface area contributed by atoms with Crippen molar-refractivity contribution >= 4 is 22.8 Å². The fraction of sp³-hybridized carbons (Fsp3) is 0.208. The second kappa shape index (κ2) is 9.09. The molecule has 0 saturated carbocycles. The Bertz CT molecular complexity index is 1530. The highest BCUT2D eigenvalue weighted by atomic mass is 19.1. The highest BCUT2D eigenvalue weighted by Crippen LogP contribution is 2.20. The molecule has 1 aliphatic rings. The number of nitrogens with one attached hydrogen (secondary N) is 1. The van der Waals surface area contributed by atoms with Gasteiger partial charge in [-0.3, -0.25) is 19.1 Å². The Balaban J connectivity index is 1.42. The lowest BCUT2D eigenvalue weighted by molar-refractivity contribution is 0.0741. The van der Waals surface area contributed by atoms with Crippen molar-refractivity contribution in [1.82, 2.24) is 24.4 Å². The normalized spacial score (nSPS) is 13.9. The Morgan fingerprint density at radius 3 is 2.40 bits per heavy atom. The van der Waals surface area contributed by atoms with Gasteiger partial charge in [-0.15, -0.1) is 0 Å². The maximum atomic E-state index is 14.7.